The first-order valence-electron chi connectivity index (χ1n) is 16.3. The number of hydrogen-bond donors (Lipinski definition) is 0. The fraction of sp³-hybridized carbons (Fsp3) is 0. The highest BCUT2D eigenvalue weighted by atomic mass is 15.0. The van der Waals surface area contributed by atoms with Gasteiger partial charge in [-0.3, -0.25) is 0 Å². The first-order valence-corrected chi connectivity index (χ1v) is 16.3. The zero-order chi connectivity index (χ0) is 33.8. The summed E-state index contributed by atoms with van der Waals surface area (Å²) in [5.41, 5.74) is 10.4. The van der Waals surface area contributed by atoms with Gasteiger partial charge in [-0.05, 0) is 60.2 Å². The van der Waals surface area contributed by atoms with E-state index in [2.05, 4.69) is 88.0 Å². The molecule has 0 fully saturated rings. The van der Waals surface area contributed by atoms with Gasteiger partial charge in [0.25, 0.3) is 0 Å². The second-order valence-corrected chi connectivity index (χ2v) is 12.2. The van der Waals surface area contributed by atoms with Crippen LogP contribution in [0.4, 0.5) is 0 Å². The molecule has 5 nitrogen and oxygen atoms in total. The Morgan fingerprint density at radius 1 is 0.380 bits per heavy atom. The number of aromatic nitrogens is 2. The average Bonchev–Trinajstić information content (AvgIpc) is 3.69. The number of benzene rings is 7. The van der Waals surface area contributed by atoms with Gasteiger partial charge in [0.2, 0.25) is 0 Å². The van der Waals surface area contributed by atoms with Gasteiger partial charge in [0.15, 0.2) is 0 Å². The number of fused-ring (bicyclic) bond motifs is 6. The fourth-order valence-electron chi connectivity index (χ4n) is 7.59. The smallest absolute Gasteiger partial charge is 0.102 e. The predicted molar refractivity (Wildman–Crippen MR) is 200 cm³/mol. The molecule has 0 aliphatic heterocycles. The van der Waals surface area contributed by atoms with Gasteiger partial charge in [0.1, 0.15) is 6.07 Å². The third kappa shape index (κ3) is 4.17. The molecule has 0 saturated carbocycles. The highest BCUT2D eigenvalue weighted by Crippen LogP contribution is 2.43. The maximum Gasteiger partial charge on any atom is 0.102 e. The third-order valence-corrected chi connectivity index (χ3v) is 9.67. The number of hydrogen-bond acceptors (Lipinski definition) is 3. The minimum Gasteiger partial charge on any atom is -0.309 e. The third-order valence-electron chi connectivity index (χ3n) is 9.67. The minimum absolute atomic E-state index is 0.456. The van der Waals surface area contributed by atoms with Gasteiger partial charge >= 0.3 is 0 Å². The Morgan fingerprint density at radius 3 is 1.56 bits per heavy atom. The molecule has 0 spiro atoms. The van der Waals surface area contributed by atoms with Gasteiger partial charge in [-0.25, -0.2) is 0 Å². The summed E-state index contributed by atoms with van der Waals surface area (Å²) in [4.78, 5) is 0. The summed E-state index contributed by atoms with van der Waals surface area (Å²) in [6, 6.07) is 57.6. The number of nitrogens with zero attached hydrogens (tertiary/aromatic N) is 5. The zero-order valence-corrected chi connectivity index (χ0v) is 26.7. The monoisotopic (exact) mass is 635 g/mol. The van der Waals surface area contributed by atoms with Crippen LogP contribution in [0.5, 0.6) is 0 Å². The first kappa shape index (κ1) is 28.8. The Morgan fingerprint density at radius 2 is 0.900 bits per heavy atom. The predicted octanol–water partition coefficient (Wildman–Crippen LogP) is 10.8. The highest BCUT2D eigenvalue weighted by molar-refractivity contribution is 6.11. The van der Waals surface area contributed by atoms with Crippen molar-refractivity contribution in [3.8, 4) is 51.8 Å². The van der Waals surface area contributed by atoms with E-state index in [1.54, 1.807) is 0 Å². The van der Waals surface area contributed by atoms with Crippen molar-refractivity contribution in [1.29, 1.82) is 15.8 Å². The van der Waals surface area contributed by atoms with Gasteiger partial charge in [0.05, 0.1) is 62.3 Å². The molecule has 0 N–H and O–H groups in total. The lowest BCUT2D eigenvalue weighted by atomic mass is 9.87. The average molecular weight is 636 g/mol. The maximum atomic E-state index is 11.0. The van der Waals surface area contributed by atoms with Crippen LogP contribution < -0.4 is 0 Å². The molecule has 2 heterocycles. The summed E-state index contributed by atoms with van der Waals surface area (Å²) < 4.78 is 4.38. The van der Waals surface area contributed by atoms with E-state index < -0.39 is 0 Å². The van der Waals surface area contributed by atoms with Crippen molar-refractivity contribution in [3.63, 3.8) is 0 Å². The van der Waals surface area contributed by atoms with Crippen molar-refractivity contribution in [2.24, 2.45) is 0 Å². The summed E-state index contributed by atoms with van der Waals surface area (Å²) in [5.74, 6) is 0. The van der Waals surface area contributed by atoms with Crippen LogP contribution in [-0.2, 0) is 0 Å². The van der Waals surface area contributed by atoms with E-state index in [0.717, 1.165) is 60.4 Å². The molecule has 0 saturated heterocycles. The topological polar surface area (TPSA) is 81.2 Å². The van der Waals surface area contributed by atoms with Crippen LogP contribution in [-0.4, -0.2) is 9.13 Å². The van der Waals surface area contributed by atoms with Crippen molar-refractivity contribution in [3.05, 3.63) is 168 Å². The van der Waals surface area contributed by atoms with Crippen LogP contribution in [0.15, 0.2) is 152 Å². The molecule has 5 heteroatoms. The Balaban J connectivity index is 1.34. The summed E-state index contributed by atoms with van der Waals surface area (Å²) in [6.07, 6.45) is 0. The fourth-order valence-corrected chi connectivity index (χ4v) is 7.59. The highest BCUT2D eigenvalue weighted by Gasteiger charge is 2.23. The largest absolute Gasteiger partial charge is 0.309 e. The SMILES string of the molecule is N#Cc1ccc2c(c1)c1ccccc1n2-c1cccc(-c2c(C#N)cccc2-c2ccccc2-n2c3ccccc3c3ccccc32)c1C#N. The van der Waals surface area contributed by atoms with Crippen molar-refractivity contribution in [1.82, 2.24) is 9.13 Å². The normalized spacial score (nSPS) is 11.1. The van der Waals surface area contributed by atoms with E-state index in [1.165, 1.54) is 0 Å². The van der Waals surface area contributed by atoms with Crippen molar-refractivity contribution >= 4 is 43.6 Å². The lowest BCUT2D eigenvalue weighted by molar-refractivity contribution is 1.17. The Bertz CT molecular complexity index is 2920. The van der Waals surface area contributed by atoms with Gasteiger partial charge in [-0.1, -0.05) is 97.1 Å². The molecular formula is C45H25N5. The summed E-state index contributed by atoms with van der Waals surface area (Å²) in [6.45, 7) is 0. The van der Waals surface area contributed by atoms with Gasteiger partial charge in [-0.15, -0.1) is 0 Å². The van der Waals surface area contributed by atoms with Gasteiger partial charge < -0.3 is 9.13 Å². The lowest BCUT2D eigenvalue weighted by Gasteiger charge is -2.19. The van der Waals surface area contributed by atoms with Crippen LogP contribution >= 0.6 is 0 Å². The van der Waals surface area contributed by atoms with Crippen LogP contribution in [0.2, 0.25) is 0 Å². The first-order chi connectivity index (χ1) is 24.7. The maximum absolute atomic E-state index is 11.0. The van der Waals surface area contributed by atoms with Gasteiger partial charge in [0, 0.05) is 38.2 Å². The molecule has 230 valence electrons. The molecule has 0 bridgehead atoms. The molecule has 2 aromatic heterocycles. The molecule has 50 heavy (non-hydrogen) atoms. The van der Waals surface area contributed by atoms with Crippen LogP contribution in [0.25, 0.3) is 77.2 Å². The molecule has 7 aromatic carbocycles. The standard InChI is InChI=1S/C45H25N5/c46-26-29-23-24-44-37(25-29)34-15-4-8-21-42(34)50(44)43-22-10-17-36(38(43)28-48)45-30(27-47)11-9-16-35(45)33-14-3-7-20-41(33)49-39-18-5-1-12-31(39)32-13-2-6-19-40(32)49/h1-25H. The molecular weight excluding hydrogens is 611 g/mol. The molecule has 9 rings (SSSR count). The second-order valence-electron chi connectivity index (χ2n) is 12.2. The Labute approximate surface area is 287 Å². The Kier molecular flexibility index (Phi) is 6.56. The quantitative estimate of drug-likeness (QED) is 0.193. The molecule has 0 radical (unpaired) electrons. The number of para-hydroxylation sites is 4. The number of rotatable bonds is 4. The zero-order valence-electron chi connectivity index (χ0n) is 26.7. The van der Waals surface area contributed by atoms with Crippen molar-refractivity contribution < 1.29 is 0 Å². The van der Waals surface area contributed by atoms with E-state index in [1.807, 2.05) is 91.0 Å². The van der Waals surface area contributed by atoms with E-state index in [0.29, 0.717) is 33.5 Å². The molecule has 0 unspecified atom stereocenters. The van der Waals surface area contributed by atoms with Crippen LogP contribution in [0.3, 0.4) is 0 Å². The van der Waals surface area contributed by atoms with E-state index in [4.69, 9.17) is 0 Å². The second kappa shape index (κ2) is 11.4. The van der Waals surface area contributed by atoms with Crippen molar-refractivity contribution in [2.75, 3.05) is 0 Å². The molecule has 0 atom stereocenters. The molecule has 0 amide bonds. The molecule has 9 aromatic rings. The minimum atomic E-state index is 0.456. The lowest BCUT2D eigenvalue weighted by Crippen LogP contribution is -2.02. The number of nitriles is 3. The van der Waals surface area contributed by atoms with E-state index in [9.17, 15) is 15.8 Å². The van der Waals surface area contributed by atoms with E-state index in [-0.39, 0.29) is 0 Å². The van der Waals surface area contributed by atoms with Crippen LogP contribution in [0.1, 0.15) is 16.7 Å². The van der Waals surface area contributed by atoms with Crippen molar-refractivity contribution in [2.45, 2.75) is 0 Å². The summed E-state index contributed by atoms with van der Waals surface area (Å²) in [7, 11) is 0. The van der Waals surface area contributed by atoms with Gasteiger partial charge in [-0.2, -0.15) is 15.8 Å². The molecule has 0 aliphatic rings. The van der Waals surface area contributed by atoms with E-state index >= 15 is 0 Å². The summed E-state index contributed by atoms with van der Waals surface area (Å²) >= 11 is 0. The Hall–Kier alpha value is -7.39. The summed E-state index contributed by atoms with van der Waals surface area (Å²) in [5, 5.41) is 35.4. The van der Waals surface area contributed by atoms with Crippen LogP contribution in [0, 0.1) is 34.0 Å². The molecule has 0 aliphatic carbocycles.